The number of methoxy groups -OCH3 is 1. The van der Waals surface area contributed by atoms with Gasteiger partial charge in [0.1, 0.15) is 12.6 Å². The van der Waals surface area contributed by atoms with Gasteiger partial charge in [0, 0.05) is 13.7 Å². The van der Waals surface area contributed by atoms with Crippen LogP contribution in [0.1, 0.15) is 44.9 Å². The summed E-state index contributed by atoms with van der Waals surface area (Å²) in [4.78, 5) is 49.4. The van der Waals surface area contributed by atoms with Crippen molar-refractivity contribution >= 4 is 24.1 Å². The Labute approximate surface area is 159 Å². The highest BCUT2D eigenvalue weighted by Crippen LogP contribution is 2.32. The van der Waals surface area contributed by atoms with Crippen LogP contribution in [0.4, 0.5) is 0 Å². The van der Waals surface area contributed by atoms with Crippen molar-refractivity contribution in [1.29, 1.82) is 0 Å². The number of nitrogens with one attached hydrogen (secondary N) is 1. The van der Waals surface area contributed by atoms with Crippen molar-refractivity contribution in [3.63, 3.8) is 0 Å². The fourth-order valence-electron chi connectivity index (χ4n) is 4.10. The Morgan fingerprint density at radius 3 is 2.59 bits per heavy atom. The molecule has 1 heterocycles. The van der Waals surface area contributed by atoms with Crippen molar-refractivity contribution in [2.75, 3.05) is 26.8 Å². The second kappa shape index (κ2) is 10.4. The number of amides is 4. The standard InChI is InChI=1S/C18H29N3O6/c1-27-11-16(23)19-17(24)15-7-4-8-21(15)18(25)14(10-20(26)12-22)9-13-5-2-3-6-13/h12-15,26H,2-11H2,1H3,(H,19,23,24)/t14-,15+/m1/s1. The van der Waals surface area contributed by atoms with Crippen LogP contribution < -0.4 is 5.32 Å². The highest BCUT2D eigenvalue weighted by atomic mass is 16.5. The van der Waals surface area contributed by atoms with Gasteiger partial charge in [0.25, 0.3) is 5.91 Å². The van der Waals surface area contributed by atoms with Crippen LogP contribution in [-0.2, 0) is 23.9 Å². The number of nitrogens with zero attached hydrogens (tertiary/aromatic N) is 2. The number of hydroxylamine groups is 2. The molecule has 0 spiro atoms. The molecule has 0 bridgehead atoms. The SMILES string of the molecule is COCC(=O)NC(=O)[C@@H]1CCCN1C(=O)[C@H](CC1CCCC1)CN(O)C=O. The third kappa shape index (κ3) is 6.00. The fourth-order valence-corrected chi connectivity index (χ4v) is 4.10. The zero-order valence-corrected chi connectivity index (χ0v) is 15.8. The molecule has 2 atom stereocenters. The van der Waals surface area contributed by atoms with Gasteiger partial charge in [0.2, 0.25) is 18.2 Å². The van der Waals surface area contributed by atoms with Crippen molar-refractivity contribution in [2.24, 2.45) is 11.8 Å². The summed E-state index contributed by atoms with van der Waals surface area (Å²) < 4.78 is 4.70. The van der Waals surface area contributed by atoms with Crippen LogP contribution >= 0.6 is 0 Å². The third-order valence-electron chi connectivity index (χ3n) is 5.35. The molecule has 2 N–H and O–H groups in total. The van der Waals surface area contributed by atoms with E-state index < -0.39 is 23.8 Å². The first kappa shape index (κ1) is 21.3. The highest BCUT2D eigenvalue weighted by molar-refractivity contribution is 6.00. The molecule has 9 heteroatoms. The van der Waals surface area contributed by atoms with Crippen molar-refractivity contribution in [3.05, 3.63) is 0 Å². The van der Waals surface area contributed by atoms with Gasteiger partial charge in [-0.05, 0) is 25.2 Å². The van der Waals surface area contributed by atoms with E-state index in [2.05, 4.69) is 5.32 Å². The fraction of sp³-hybridized carbons (Fsp3) is 0.778. The zero-order valence-electron chi connectivity index (χ0n) is 15.8. The van der Waals surface area contributed by atoms with E-state index in [-0.39, 0.29) is 25.5 Å². The molecule has 152 valence electrons. The molecule has 27 heavy (non-hydrogen) atoms. The molecule has 0 aromatic heterocycles. The number of hydrogen-bond acceptors (Lipinski definition) is 6. The molecular formula is C18H29N3O6. The van der Waals surface area contributed by atoms with E-state index in [1.54, 1.807) is 0 Å². The first-order chi connectivity index (χ1) is 13.0. The third-order valence-corrected chi connectivity index (χ3v) is 5.35. The Morgan fingerprint density at radius 1 is 1.26 bits per heavy atom. The van der Waals surface area contributed by atoms with E-state index in [1.807, 2.05) is 0 Å². The lowest BCUT2D eigenvalue weighted by atomic mass is 9.91. The van der Waals surface area contributed by atoms with Gasteiger partial charge in [-0.2, -0.15) is 0 Å². The first-order valence-corrected chi connectivity index (χ1v) is 9.50. The van der Waals surface area contributed by atoms with E-state index in [4.69, 9.17) is 4.74 Å². The van der Waals surface area contributed by atoms with E-state index in [9.17, 15) is 24.4 Å². The molecule has 1 aliphatic carbocycles. The molecule has 2 aliphatic rings. The van der Waals surface area contributed by atoms with Crippen molar-refractivity contribution in [2.45, 2.75) is 51.0 Å². The molecule has 2 rings (SSSR count). The minimum absolute atomic E-state index is 0.0910. The summed E-state index contributed by atoms with van der Waals surface area (Å²) in [6.07, 6.45) is 6.32. The maximum atomic E-state index is 13.1. The van der Waals surface area contributed by atoms with E-state index >= 15 is 0 Å². The van der Waals surface area contributed by atoms with Crippen molar-refractivity contribution < 1.29 is 29.1 Å². The largest absolute Gasteiger partial charge is 0.375 e. The molecule has 0 radical (unpaired) electrons. The number of ether oxygens (including phenoxy) is 1. The van der Waals surface area contributed by atoms with Gasteiger partial charge in [-0.25, -0.2) is 5.06 Å². The van der Waals surface area contributed by atoms with E-state index in [0.717, 1.165) is 25.7 Å². The maximum Gasteiger partial charge on any atom is 0.252 e. The number of hydrogen-bond donors (Lipinski definition) is 2. The monoisotopic (exact) mass is 383 g/mol. The molecule has 0 aromatic rings. The smallest absolute Gasteiger partial charge is 0.252 e. The van der Waals surface area contributed by atoms with Gasteiger partial charge in [-0.15, -0.1) is 0 Å². The average Bonchev–Trinajstić information content (AvgIpc) is 3.32. The number of carbonyl (C=O) groups excluding carboxylic acids is 4. The normalized spacial score (nSPS) is 21.1. The summed E-state index contributed by atoms with van der Waals surface area (Å²) in [5.41, 5.74) is 0. The lowest BCUT2D eigenvalue weighted by Gasteiger charge is -2.30. The predicted octanol–water partition coefficient (Wildman–Crippen LogP) is 0.311. The van der Waals surface area contributed by atoms with Crippen LogP contribution in [0.3, 0.4) is 0 Å². The Bertz CT molecular complexity index is 549. The summed E-state index contributed by atoms with van der Waals surface area (Å²) in [6, 6.07) is -0.715. The summed E-state index contributed by atoms with van der Waals surface area (Å²) >= 11 is 0. The minimum atomic E-state index is -0.715. The van der Waals surface area contributed by atoms with Gasteiger partial charge in [0.15, 0.2) is 0 Å². The molecular weight excluding hydrogens is 354 g/mol. The summed E-state index contributed by atoms with van der Waals surface area (Å²) in [5.74, 6) is -1.49. The van der Waals surface area contributed by atoms with Gasteiger partial charge in [-0.3, -0.25) is 29.7 Å². The maximum absolute atomic E-state index is 13.1. The second-order valence-corrected chi connectivity index (χ2v) is 7.35. The van der Waals surface area contributed by atoms with Crippen LogP contribution in [-0.4, -0.2) is 72.2 Å². The molecule has 1 aliphatic heterocycles. The van der Waals surface area contributed by atoms with Gasteiger partial charge in [-0.1, -0.05) is 25.7 Å². The summed E-state index contributed by atoms with van der Waals surface area (Å²) in [6.45, 7) is 0.102. The second-order valence-electron chi connectivity index (χ2n) is 7.35. The molecule has 0 aromatic carbocycles. The molecule has 0 unspecified atom stereocenters. The Morgan fingerprint density at radius 2 is 1.96 bits per heavy atom. The van der Waals surface area contributed by atoms with E-state index in [0.29, 0.717) is 36.8 Å². The number of likely N-dealkylation sites (tertiary alicyclic amines) is 1. The van der Waals surface area contributed by atoms with Gasteiger partial charge < -0.3 is 9.64 Å². The molecule has 2 fully saturated rings. The summed E-state index contributed by atoms with van der Waals surface area (Å²) in [5, 5.41) is 12.4. The number of rotatable bonds is 9. The van der Waals surface area contributed by atoms with Crippen LogP contribution in [0.25, 0.3) is 0 Å². The molecule has 4 amide bonds. The van der Waals surface area contributed by atoms with Crippen LogP contribution in [0.15, 0.2) is 0 Å². The highest BCUT2D eigenvalue weighted by Gasteiger charge is 2.38. The van der Waals surface area contributed by atoms with Crippen LogP contribution in [0.2, 0.25) is 0 Å². The Balaban J connectivity index is 2.05. The molecule has 1 saturated heterocycles. The van der Waals surface area contributed by atoms with Crippen LogP contribution in [0, 0.1) is 11.8 Å². The van der Waals surface area contributed by atoms with Gasteiger partial charge >= 0.3 is 0 Å². The van der Waals surface area contributed by atoms with Gasteiger partial charge in [0.05, 0.1) is 12.5 Å². The quantitative estimate of drug-likeness (QED) is 0.336. The predicted molar refractivity (Wildman–Crippen MR) is 94.4 cm³/mol. The molecule has 1 saturated carbocycles. The zero-order chi connectivity index (χ0) is 19.8. The topological polar surface area (TPSA) is 116 Å². The lowest BCUT2D eigenvalue weighted by Crippen LogP contribution is -2.51. The first-order valence-electron chi connectivity index (χ1n) is 9.50. The Kier molecular flexibility index (Phi) is 8.18. The van der Waals surface area contributed by atoms with Crippen molar-refractivity contribution in [3.8, 4) is 0 Å². The summed E-state index contributed by atoms with van der Waals surface area (Å²) in [7, 11) is 1.36. The average molecular weight is 383 g/mol. The minimum Gasteiger partial charge on any atom is -0.375 e. The Hall–Kier alpha value is -2.00. The number of imide groups is 1. The van der Waals surface area contributed by atoms with Crippen LogP contribution in [0.5, 0.6) is 0 Å². The van der Waals surface area contributed by atoms with Crippen molar-refractivity contribution in [1.82, 2.24) is 15.3 Å². The number of carbonyl (C=O) groups is 4. The van der Waals surface area contributed by atoms with E-state index in [1.165, 1.54) is 12.0 Å². The molecule has 9 nitrogen and oxygen atoms in total. The lowest BCUT2D eigenvalue weighted by molar-refractivity contribution is -0.158.